The number of aromatic nitrogens is 2. The fourth-order valence-electron chi connectivity index (χ4n) is 1.26. The Hall–Kier alpha value is -0.920. The molecule has 1 aromatic heterocycles. The Morgan fingerprint density at radius 3 is 2.81 bits per heavy atom. The third-order valence-corrected chi connectivity index (χ3v) is 3.53. The zero-order valence-corrected chi connectivity index (χ0v) is 10.2. The maximum atomic E-state index is 11.5. The molecule has 0 radical (unpaired) electrons. The lowest BCUT2D eigenvalue weighted by molar-refractivity contribution is 0.558. The van der Waals surface area contributed by atoms with Crippen LogP contribution in [-0.2, 0) is 16.6 Å². The monoisotopic (exact) mass is 246 g/mol. The van der Waals surface area contributed by atoms with E-state index in [-0.39, 0.29) is 5.75 Å². The van der Waals surface area contributed by atoms with E-state index in [9.17, 15) is 8.42 Å². The van der Waals surface area contributed by atoms with E-state index in [2.05, 4.69) is 15.1 Å². The first kappa shape index (κ1) is 13.1. The smallest absolute Gasteiger partial charge is 0.211 e. The van der Waals surface area contributed by atoms with Gasteiger partial charge in [0, 0.05) is 18.9 Å². The van der Waals surface area contributed by atoms with Gasteiger partial charge in [-0.1, -0.05) is 0 Å². The molecule has 0 atom stereocenters. The molecule has 0 aliphatic heterocycles. The molecular weight excluding hydrogens is 228 g/mol. The van der Waals surface area contributed by atoms with Crippen LogP contribution in [-0.4, -0.2) is 44.1 Å². The van der Waals surface area contributed by atoms with E-state index >= 15 is 0 Å². The van der Waals surface area contributed by atoms with Crippen LogP contribution in [0.25, 0.3) is 0 Å². The predicted molar refractivity (Wildman–Crippen MR) is 62.6 cm³/mol. The van der Waals surface area contributed by atoms with E-state index in [1.165, 1.54) is 0 Å². The van der Waals surface area contributed by atoms with Gasteiger partial charge in [0.05, 0.1) is 12.3 Å². The molecule has 0 aliphatic carbocycles. The molecule has 0 amide bonds. The van der Waals surface area contributed by atoms with Gasteiger partial charge in [-0.05, 0) is 26.1 Å². The van der Waals surface area contributed by atoms with Gasteiger partial charge < -0.3 is 5.32 Å². The van der Waals surface area contributed by atoms with Gasteiger partial charge in [0.1, 0.15) is 0 Å². The van der Waals surface area contributed by atoms with Crippen molar-refractivity contribution in [3.63, 3.8) is 0 Å². The summed E-state index contributed by atoms with van der Waals surface area (Å²) in [6.07, 6.45) is 4.09. The molecule has 1 rings (SSSR count). The van der Waals surface area contributed by atoms with E-state index in [0.717, 1.165) is 0 Å². The Kier molecular flexibility index (Phi) is 5.44. The SMILES string of the molecule is CNCCCS(=O)(=O)NCCn1cccn1. The third kappa shape index (κ3) is 5.24. The first-order valence-electron chi connectivity index (χ1n) is 5.23. The summed E-state index contributed by atoms with van der Waals surface area (Å²) in [5.41, 5.74) is 0. The molecule has 7 heteroatoms. The van der Waals surface area contributed by atoms with Crippen LogP contribution in [0.4, 0.5) is 0 Å². The Balaban J connectivity index is 2.20. The summed E-state index contributed by atoms with van der Waals surface area (Å²) >= 11 is 0. The first-order valence-corrected chi connectivity index (χ1v) is 6.88. The van der Waals surface area contributed by atoms with Gasteiger partial charge in [-0.3, -0.25) is 4.68 Å². The molecule has 0 spiro atoms. The van der Waals surface area contributed by atoms with Gasteiger partial charge in [0.15, 0.2) is 0 Å². The van der Waals surface area contributed by atoms with Crippen LogP contribution < -0.4 is 10.0 Å². The number of hydrogen-bond acceptors (Lipinski definition) is 4. The molecule has 0 aliphatic rings. The normalized spacial score (nSPS) is 11.8. The van der Waals surface area contributed by atoms with Crippen LogP contribution in [0.1, 0.15) is 6.42 Å². The van der Waals surface area contributed by atoms with E-state index in [4.69, 9.17) is 0 Å². The van der Waals surface area contributed by atoms with Gasteiger partial charge in [0.25, 0.3) is 0 Å². The standard InChI is InChI=1S/C9H18N4O2S/c1-10-4-3-9-16(14,15)12-6-8-13-7-2-5-11-13/h2,5,7,10,12H,3-4,6,8-9H2,1H3. The molecule has 1 aromatic rings. The summed E-state index contributed by atoms with van der Waals surface area (Å²) < 4.78 is 27.2. The van der Waals surface area contributed by atoms with Gasteiger partial charge in [-0.25, -0.2) is 13.1 Å². The lowest BCUT2D eigenvalue weighted by atomic mass is 10.5. The molecule has 6 nitrogen and oxygen atoms in total. The van der Waals surface area contributed by atoms with Crippen molar-refractivity contribution in [1.29, 1.82) is 0 Å². The Labute approximate surface area is 96.1 Å². The van der Waals surface area contributed by atoms with Crippen molar-refractivity contribution < 1.29 is 8.42 Å². The largest absolute Gasteiger partial charge is 0.320 e. The lowest BCUT2D eigenvalue weighted by Gasteiger charge is -2.06. The average Bonchev–Trinajstić information content (AvgIpc) is 2.70. The second-order valence-corrected chi connectivity index (χ2v) is 5.37. The minimum absolute atomic E-state index is 0.160. The van der Waals surface area contributed by atoms with Crippen LogP contribution in [0.3, 0.4) is 0 Å². The van der Waals surface area contributed by atoms with Crippen LogP contribution >= 0.6 is 0 Å². The summed E-state index contributed by atoms with van der Waals surface area (Å²) in [5, 5.41) is 6.90. The number of nitrogens with one attached hydrogen (secondary N) is 2. The summed E-state index contributed by atoms with van der Waals surface area (Å²) in [6, 6.07) is 1.81. The van der Waals surface area contributed by atoms with Gasteiger partial charge in [0.2, 0.25) is 10.0 Å². The molecule has 1 heterocycles. The van der Waals surface area contributed by atoms with Crippen molar-refractivity contribution in [1.82, 2.24) is 19.8 Å². The summed E-state index contributed by atoms with van der Waals surface area (Å²) in [7, 11) is -1.33. The van der Waals surface area contributed by atoms with Crippen molar-refractivity contribution in [3.05, 3.63) is 18.5 Å². The van der Waals surface area contributed by atoms with E-state index in [0.29, 0.717) is 26.1 Å². The Bertz CT molecular complexity index is 374. The highest BCUT2D eigenvalue weighted by Crippen LogP contribution is 1.89. The summed E-state index contributed by atoms with van der Waals surface area (Å²) in [6.45, 7) is 1.64. The number of hydrogen-bond donors (Lipinski definition) is 2. The van der Waals surface area contributed by atoms with E-state index in [1.807, 2.05) is 0 Å². The van der Waals surface area contributed by atoms with E-state index < -0.39 is 10.0 Å². The van der Waals surface area contributed by atoms with Gasteiger partial charge in [-0.15, -0.1) is 0 Å². The molecule has 0 saturated heterocycles. The average molecular weight is 246 g/mol. The van der Waals surface area contributed by atoms with Crippen LogP contribution in [0.2, 0.25) is 0 Å². The minimum Gasteiger partial charge on any atom is -0.320 e. The van der Waals surface area contributed by atoms with Crippen LogP contribution in [0.5, 0.6) is 0 Å². The summed E-state index contributed by atoms with van der Waals surface area (Å²) in [5.74, 6) is 0.160. The van der Waals surface area contributed by atoms with Crippen molar-refractivity contribution >= 4 is 10.0 Å². The predicted octanol–water partition coefficient (Wildman–Crippen LogP) is -0.588. The Morgan fingerprint density at radius 1 is 1.38 bits per heavy atom. The second kappa shape index (κ2) is 6.62. The van der Waals surface area contributed by atoms with E-state index in [1.54, 1.807) is 30.2 Å². The molecule has 0 fully saturated rings. The molecule has 2 N–H and O–H groups in total. The van der Waals surface area contributed by atoms with Crippen LogP contribution in [0, 0.1) is 0 Å². The van der Waals surface area contributed by atoms with Crippen molar-refractivity contribution in [2.24, 2.45) is 0 Å². The Morgan fingerprint density at radius 2 is 2.19 bits per heavy atom. The molecule has 0 unspecified atom stereocenters. The van der Waals surface area contributed by atoms with Crippen molar-refractivity contribution in [2.75, 3.05) is 25.9 Å². The fourth-order valence-corrected chi connectivity index (χ4v) is 2.33. The van der Waals surface area contributed by atoms with Gasteiger partial charge in [-0.2, -0.15) is 5.10 Å². The zero-order valence-electron chi connectivity index (χ0n) is 9.39. The number of sulfonamides is 1. The summed E-state index contributed by atoms with van der Waals surface area (Å²) in [4.78, 5) is 0. The maximum Gasteiger partial charge on any atom is 0.211 e. The third-order valence-electron chi connectivity index (χ3n) is 2.06. The highest BCUT2D eigenvalue weighted by Gasteiger charge is 2.08. The highest BCUT2D eigenvalue weighted by atomic mass is 32.2. The lowest BCUT2D eigenvalue weighted by Crippen LogP contribution is -2.30. The maximum absolute atomic E-state index is 11.5. The minimum atomic E-state index is -3.14. The molecule has 0 aromatic carbocycles. The molecular formula is C9H18N4O2S. The molecule has 92 valence electrons. The fraction of sp³-hybridized carbons (Fsp3) is 0.667. The second-order valence-electron chi connectivity index (χ2n) is 3.44. The highest BCUT2D eigenvalue weighted by molar-refractivity contribution is 7.89. The zero-order chi connectivity index (χ0) is 11.9. The number of nitrogens with zero attached hydrogens (tertiary/aromatic N) is 2. The first-order chi connectivity index (χ1) is 7.64. The topological polar surface area (TPSA) is 76.0 Å². The molecule has 0 bridgehead atoms. The van der Waals surface area contributed by atoms with Gasteiger partial charge >= 0.3 is 0 Å². The van der Waals surface area contributed by atoms with Crippen molar-refractivity contribution in [2.45, 2.75) is 13.0 Å². The van der Waals surface area contributed by atoms with Crippen molar-refractivity contribution in [3.8, 4) is 0 Å². The quantitative estimate of drug-likeness (QED) is 0.601. The molecule has 0 saturated carbocycles. The molecule has 16 heavy (non-hydrogen) atoms. The van der Waals surface area contributed by atoms with Crippen LogP contribution in [0.15, 0.2) is 18.5 Å². The number of rotatable bonds is 8.